The maximum Gasteiger partial charge on any atom is 0.407 e. The summed E-state index contributed by atoms with van der Waals surface area (Å²) in [5.74, 6) is 0. The highest BCUT2D eigenvalue weighted by atomic mass is 35.5. The second-order valence-electron chi connectivity index (χ2n) is 4.59. The topological polar surface area (TPSA) is 64.3 Å². The summed E-state index contributed by atoms with van der Waals surface area (Å²) in [4.78, 5) is 12.2. The number of halogens is 2. The molecule has 19 heavy (non-hydrogen) atoms. The predicted molar refractivity (Wildman–Crippen MR) is 72.6 cm³/mol. The van der Waals surface area contributed by atoms with Gasteiger partial charge in [-0.05, 0) is 30.5 Å². The Morgan fingerprint density at radius 1 is 1.37 bits per heavy atom. The van der Waals surface area contributed by atoms with E-state index >= 15 is 0 Å². The normalized spacial score (nSPS) is 17.8. The first-order valence-corrected chi connectivity index (χ1v) is 6.59. The van der Waals surface area contributed by atoms with Gasteiger partial charge in [-0.15, -0.1) is 0 Å². The zero-order chi connectivity index (χ0) is 14.0. The molecule has 1 aliphatic rings. The molecule has 1 fully saturated rings. The summed E-state index contributed by atoms with van der Waals surface area (Å²) in [6.07, 6.45) is -0.0670. The number of benzene rings is 1. The molecule has 1 aromatic carbocycles. The lowest BCUT2D eigenvalue weighted by Gasteiger charge is -2.36. The van der Waals surface area contributed by atoms with Gasteiger partial charge in [0, 0.05) is 23.1 Å². The van der Waals surface area contributed by atoms with Crippen LogP contribution >= 0.6 is 23.2 Å². The van der Waals surface area contributed by atoms with Crippen LogP contribution in [0.4, 0.5) is 4.79 Å². The van der Waals surface area contributed by atoms with Crippen LogP contribution in [-0.4, -0.2) is 29.2 Å². The molecule has 1 aliphatic heterocycles. The molecular weight excluding hydrogens is 287 g/mol. The van der Waals surface area contributed by atoms with Gasteiger partial charge >= 0.3 is 6.09 Å². The molecule has 0 unspecified atom stereocenters. The van der Waals surface area contributed by atoms with Crippen molar-refractivity contribution in [2.45, 2.75) is 18.3 Å². The number of amides is 1. The number of piperidine rings is 1. The van der Waals surface area contributed by atoms with Crippen LogP contribution in [0.5, 0.6) is 0 Å². The largest absolute Gasteiger partial charge is 0.465 e. The van der Waals surface area contributed by atoms with Crippen molar-refractivity contribution in [1.82, 2.24) is 4.90 Å². The van der Waals surface area contributed by atoms with Crippen LogP contribution < -0.4 is 0 Å². The Morgan fingerprint density at radius 3 is 2.47 bits per heavy atom. The monoisotopic (exact) mass is 298 g/mol. The number of likely N-dealkylation sites (tertiary alicyclic amines) is 1. The highest BCUT2D eigenvalue weighted by molar-refractivity contribution is 6.35. The van der Waals surface area contributed by atoms with Crippen LogP contribution in [0.3, 0.4) is 0 Å². The van der Waals surface area contributed by atoms with Crippen LogP contribution in [0.25, 0.3) is 0 Å². The molecule has 1 saturated heterocycles. The minimum Gasteiger partial charge on any atom is -0.465 e. The summed E-state index contributed by atoms with van der Waals surface area (Å²) in [6, 6.07) is 7.37. The minimum absolute atomic E-state index is 0.335. The van der Waals surface area contributed by atoms with Crippen molar-refractivity contribution in [2.75, 3.05) is 13.1 Å². The second-order valence-corrected chi connectivity index (χ2v) is 5.43. The minimum atomic E-state index is -0.950. The standard InChI is InChI=1S/C13H12Cl2N2O2/c14-9-1-2-10(11(15)7-9)13(8-16)3-5-17(6-4-13)12(18)19/h1-2,7H,3-6H2,(H,18,19). The lowest BCUT2D eigenvalue weighted by molar-refractivity contribution is 0.125. The molecule has 0 atom stereocenters. The molecule has 0 spiro atoms. The molecule has 1 heterocycles. The van der Waals surface area contributed by atoms with Crippen molar-refractivity contribution in [1.29, 1.82) is 5.26 Å². The van der Waals surface area contributed by atoms with Gasteiger partial charge in [-0.25, -0.2) is 4.79 Å². The van der Waals surface area contributed by atoms with Crippen molar-refractivity contribution in [2.24, 2.45) is 0 Å². The zero-order valence-electron chi connectivity index (χ0n) is 10.1. The van der Waals surface area contributed by atoms with Crippen LogP contribution in [0, 0.1) is 11.3 Å². The number of hydrogen-bond donors (Lipinski definition) is 1. The summed E-state index contributed by atoms with van der Waals surface area (Å²) in [5, 5.41) is 19.4. The van der Waals surface area contributed by atoms with Crippen molar-refractivity contribution < 1.29 is 9.90 Å². The Kier molecular flexibility index (Phi) is 3.88. The Bertz CT molecular complexity index is 546. The molecular formula is C13H12Cl2N2O2. The van der Waals surface area contributed by atoms with Crippen molar-refractivity contribution in [3.63, 3.8) is 0 Å². The van der Waals surface area contributed by atoms with Crippen LogP contribution in [0.15, 0.2) is 18.2 Å². The Labute approximate surface area is 121 Å². The fourth-order valence-electron chi connectivity index (χ4n) is 2.40. The lowest BCUT2D eigenvalue weighted by atomic mass is 9.74. The van der Waals surface area contributed by atoms with E-state index in [1.54, 1.807) is 18.2 Å². The van der Waals surface area contributed by atoms with Crippen LogP contribution in [-0.2, 0) is 5.41 Å². The first-order valence-electron chi connectivity index (χ1n) is 5.83. The Balaban J connectivity index is 2.31. The van der Waals surface area contributed by atoms with Crippen LogP contribution in [0.2, 0.25) is 10.0 Å². The van der Waals surface area contributed by atoms with Gasteiger partial charge in [0.2, 0.25) is 0 Å². The van der Waals surface area contributed by atoms with E-state index in [2.05, 4.69) is 6.07 Å². The summed E-state index contributed by atoms with van der Waals surface area (Å²) < 4.78 is 0. The van der Waals surface area contributed by atoms with E-state index in [0.717, 1.165) is 5.56 Å². The fraction of sp³-hybridized carbons (Fsp3) is 0.385. The first-order chi connectivity index (χ1) is 8.98. The maximum atomic E-state index is 10.9. The average Bonchev–Trinajstić information content (AvgIpc) is 2.38. The molecule has 1 N–H and O–H groups in total. The van der Waals surface area contributed by atoms with Gasteiger partial charge in [0.15, 0.2) is 0 Å². The Hall–Kier alpha value is -1.44. The number of hydrogen-bond acceptors (Lipinski definition) is 2. The third kappa shape index (κ3) is 2.63. The van der Waals surface area contributed by atoms with E-state index < -0.39 is 11.5 Å². The molecule has 1 aromatic rings. The van der Waals surface area contributed by atoms with Crippen LogP contribution in [0.1, 0.15) is 18.4 Å². The van der Waals surface area contributed by atoms with Gasteiger partial charge < -0.3 is 10.0 Å². The number of rotatable bonds is 1. The van der Waals surface area contributed by atoms with Gasteiger partial charge in [-0.1, -0.05) is 29.3 Å². The zero-order valence-corrected chi connectivity index (χ0v) is 11.6. The summed E-state index contributed by atoms with van der Waals surface area (Å²) in [5.41, 5.74) is -0.000674. The van der Waals surface area contributed by atoms with E-state index in [1.165, 1.54) is 4.90 Å². The predicted octanol–water partition coefficient (Wildman–Crippen LogP) is 3.53. The smallest absolute Gasteiger partial charge is 0.407 e. The van der Waals surface area contributed by atoms with E-state index in [4.69, 9.17) is 28.3 Å². The fourth-order valence-corrected chi connectivity index (χ4v) is 2.99. The van der Waals surface area contributed by atoms with Crippen molar-refractivity contribution >= 4 is 29.3 Å². The highest BCUT2D eigenvalue weighted by Gasteiger charge is 2.39. The number of nitrogens with zero attached hydrogens (tertiary/aromatic N) is 2. The molecule has 6 heteroatoms. The molecule has 0 bridgehead atoms. The third-order valence-electron chi connectivity index (χ3n) is 3.55. The van der Waals surface area contributed by atoms with E-state index in [-0.39, 0.29) is 0 Å². The third-order valence-corrected chi connectivity index (χ3v) is 4.10. The van der Waals surface area contributed by atoms with Gasteiger partial charge in [-0.2, -0.15) is 5.26 Å². The summed E-state index contributed by atoms with van der Waals surface area (Å²) in [7, 11) is 0. The van der Waals surface area contributed by atoms with Gasteiger partial charge in [0.05, 0.1) is 11.5 Å². The first kappa shape index (κ1) is 14.0. The molecule has 0 aromatic heterocycles. The van der Waals surface area contributed by atoms with E-state index in [9.17, 15) is 10.1 Å². The maximum absolute atomic E-state index is 10.9. The van der Waals surface area contributed by atoms with Gasteiger partial charge in [0.1, 0.15) is 0 Å². The Morgan fingerprint density at radius 2 is 2.00 bits per heavy atom. The summed E-state index contributed by atoms with van der Waals surface area (Å²) >= 11 is 12.0. The average molecular weight is 299 g/mol. The molecule has 0 aliphatic carbocycles. The van der Waals surface area contributed by atoms with Gasteiger partial charge in [-0.3, -0.25) is 0 Å². The highest BCUT2D eigenvalue weighted by Crippen LogP contribution is 2.39. The SMILES string of the molecule is N#CC1(c2ccc(Cl)cc2Cl)CCN(C(=O)O)CC1. The molecule has 4 nitrogen and oxygen atoms in total. The summed E-state index contributed by atoms with van der Waals surface area (Å²) in [6.45, 7) is 0.670. The number of nitriles is 1. The molecule has 2 rings (SSSR count). The van der Waals surface area contributed by atoms with Crippen molar-refractivity contribution in [3.05, 3.63) is 33.8 Å². The van der Waals surface area contributed by atoms with Gasteiger partial charge in [0.25, 0.3) is 0 Å². The molecule has 1 amide bonds. The van der Waals surface area contributed by atoms with Crippen molar-refractivity contribution in [3.8, 4) is 6.07 Å². The van der Waals surface area contributed by atoms with E-state index in [1.807, 2.05) is 0 Å². The molecule has 0 radical (unpaired) electrons. The van der Waals surface area contributed by atoms with E-state index in [0.29, 0.717) is 36.0 Å². The second kappa shape index (κ2) is 5.28. The molecule has 0 saturated carbocycles. The number of carbonyl (C=O) groups is 1. The number of carboxylic acid groups (broad SMARTS) is 1. The lowest BCUT2D eigenvalue weighted by Crippen LogP contribution is -2.44. The quantitative estimate of drug-likeness (QED) is 0.862. The molecule has 100 valence electrons.